The second kappa shape index (κ2) is 5.72. The molecule has 88 valence electrons. The van der Waals surface area contributed by atoms with Crippen LogP contribution in [0, 0.1) is 0 Å². The number of carbonyl (C=O) groups is 1. The average molecular weight is 244 g/mol. The maximum atomic E-state index is 10.6. The number of nitrogen functional groups attached to an aromatic ring is 1. The van der Waals surface area contributed by atoms with Crippen LogP contribution in [-0.2, 0) is 11.2 Å². The molecule has 16 heavy (non-hydrogen) atoms. The maximum absolute atomic E-state index is 10.6. The number of carboxylic acid groups (broad SMARTS) is 1. The molecule has 4 nitrogen and oxygen atoms in total. The smallest absolute Gasteiger partial charge is 0.337 e. The van der Waals surface area contributed by atoms with Crippen LogP contribution in [0.4, 0.5) is 5.69 Å². The molecule has 0 saturated heterocycles. The van der Waals surface area contributed by atoms with Gasteiger partial charge in [-0.25, -0.2) is 4.79 Å². The second-order valence-corrected chi connectivity index (χ2v) is 3.92. The van der Waals surface area contributed by atoms with Gasteiger partial charge in [0.1, 0.15) is 0 Å². The summed E-state index contributed by atoms with van der Waals surface area (Å²) in [6.45, 7) is 0. The molecule has 4 N–H and O–H groups in total. The summed E-state index contributed by atoms with van der Waals surface area (Å²) >= 11 is 5.57. The summed E-state index contributed by atoms with van der Waals surface area (Å²) in [5.41, 5.74) is 7.27. The monoisotopic (exact) mass is 243 g/mol. The fraction of sp³-hybridized carbons (Fsp3) is 0.364. The van der Waals surface area contributed by atoms with Crippen molar-refractivity contribution in [2.75, 3.05) is 11.6 Å². The molecule has 1 aromatic carbocycles. The molecule has 1 unspecified atom stereocenters. The number of aliphatic carboxylic acids is 1. The van der Waals surface area contributed by atoms with Gasteiger partial charge in [0.2, 0.25) is 0 Å². The maximum Gasteiger partial charge on any atom is 0.337 e. The molecule has 1 rings (SSSR count). The Bertz CT molecular complexity index is 381. The Morgan fingerprint density at radius 2 is 2.12 bits per heavy atom. The van der Waals surface area contributed by atoms with Gasteiger partial charge in [0.25, 0.3) is 0 Å². The minimum atomic E-state index is -1.53. The predicted octanol–water partition coefficient (Wildman–Crippen LogP) is 1.56. The van der Waals surface area contributed by atoms with E-state index in [1.165, 1.54) is 6.07 Å². The summed E-state index contributed by atoms with van der Waals surface area (Å²) in [6, 6.07) is 4.86. The lowest BCUT2D eigenvalue weighted by molar-refractivity contribution is -0.146. The Hall–Kier alpha value is -1.26. The van der Waals surface area contributed by atoms with Gasteiger partial charge in [-0.2, -0.15) is 0 Å². The first kappa shape index (κ1) is 12.8. The van der Waals surface area contributed by atoms with Crippen molar-refractivity contribution in [3.05, 3.63) is 29.3 Å². The summed E-state index contributed by atoms with van der Waals surface area (Å²) in [7, 11) is 0. The number of anilines is 1. The summed E-state index contributed by atoms with van der Waals surface area (Å²) in [5, 5.41) is 18.1. The van der Waals surface area contributed by atoms with Gasteiger partial charge < -0.3 is 15.9 Å². The molecule has 1 aromatic rings. The highest BCUT2D eigenvalue weighted by atomic mass is 35.5. The third-order valence-corrected chi connectivity index (χ3v) is 2.45. The number of halogens is 1. The fourth-order valence-electron chi connectivity index (χ4n) is 1.46. The van der Waals surface area contributed by atoms with Crippen molar-refractivity contribution < 1.29 is 15.0 Å². The zero-order valence-corrected chi connectivity index (χ0v) is 9.44. The van der Waals surface area contributed by atoms with Gasteiger partial charge in [-0.1, -0.05) is 6.07 Å². The average Bonchev–Trinajstić information content (AvgIpc) is 2.24. The Labute approximate surface area is 98.6 Å². The number of rotatable bonds is 5. The minimum absolute atomic E-state index is 0.303. The van der Waals surface area contributed by atoms with Crippen LogP contribution in [0.1, 0.15) is 23.7 Å². The van der Waals surface area contributed by atoms with Crippen molar-refractivity contribution in [1.29, 1.82) is 0 Å². The Morgan fingerprint density at radius 3 is 2.69 bits per heavy atom. The van der Waals surface area contributed by atoms with Crippen molar-refractivity contribution in [3.63, 3.8) is 0 Å². The summed E-state index contributed by atoms with van der Waals surface area (Å²) in [6.07, 6.45) is -0.0279. The first-order chi connectivity index (χ1) is 7.54. The van der Waals surface area contributed by atoms with E-state index in [-0.39, 0.29) is 0 Å². The molecule has 0 aliphatic carbocycles. The Kier molecular flexibility index (Phi) is 4.58. The molecular formula is C11H14ClNO3. The molecule has 0 bridgehead atoms. The molecule has 0 aromatic heterocycles. The number of hydrogen-bond donors (Lipinski definition) is 3. The lowest BCUT2D eigenvalue weighted by atomic mass is 10.0. The number of nitrogens with two attached hydrogens (primary N) is 1. The zero-order valence-electron chi connectivity index (χ0n) is 8.69. The number of benzene rings is 1. The lowest BCUT2D eigenvalue weighted by Crippen LogP contribution is -2.11. The zero-order chi connectivity index (χ0) is 12.1. The number of aliphatic hydroxyl groups excluding tert-OH is 1. The van der Waals surface area contributed by atoms with E-state index in [2.05, 4.69) is 0 Å². The van der Waals surface area contributed by atoms with Crippen LogP contribution in [0.15, 0.2) is 18.2 Å². The summed E-state index contributed by atoms with van der Waals surface area (Å²) in [5.74, 6) is -0.750. The topological polar surface area (TPSA) is 83.5 Å². The SMILES string of the molecule is Nc1cc(CCCCl)cc(C(O)C(=O)O)c1. The highest BCUT2D eigenvalue weighted by molar-refractivity contribution is 6.17. The molecule has 5 heteroatoms. The van der Waals surface area contributed by atoms with Gasteiger partial charge >= 0.3 is 5.97 Å². The van der Waals surface area contributed by atoms with Gasteiger partial charge in [0, 0.05) is 11.6 Å². The van der Waals surface area contributed by atoms with E-state index in [1.54, 1.807) is 12.1 Å². The molecule has 0 heterocycles. The van der Waals surface area contributed by atoms with Crippen LogP contribution in [0.5, 0.6) is 0 Å². The molecule has 0 amide bonds. The van der Waals surface area contributed by atoms with Crippen LogP contribution in [0.2, 0.25) is 0 Å². The van der Waals surface area contributed by atoms with E-state index in [4.69, 9.17) is 22.4 Å². The van der Waals surface area contributed by atoms with Gasteiger partial charge in [-0.3, -0.25) is 0 Å². The predicted molar refractivity (Wildman–Crippen MR) is 62.5 cm³/mol. The van der Waals surface area contributed by atoms with Crippen molar-refractivity contribution in [2.24, 2.45) is 0 Å². The van der Waals surface area contributed by atoms with E-state index >= 15 is 0 Å². The van der Waals surface area contributed by atoms with Crippen molar-refractivity contribution >= 4 is 23.3 Å². The second-order valence-electron chi connectivity index (χ2n) is 3.54. The highest BCUT2D eigenvalue weighted by Crippen LogP contribution is 2.20. The van der Waals surface area contributed by atoms with E-state index in [1.807, 2.05) is 0 Å². The van der Waals surface area contributed by atoms with Crippen LogP contribution < -0.4 is 5.73 Å². The Morgan fingerprint density at radius 1 is 1.44 bits per heavy atom. The first-order valence-corrected chi connectivity index (χ1v) is 5.44. The molecule has 0 aliphatic heterocycles. The van der Waals surface area contributed by atoms with Crippen LogP contribution >= 0.6 is 11.6 Å². The largest absolute Gasteiger partial charge is 0.479 e. The van der Waals surface area contributed by atoms with E-state index in [0.29, 0.717) is 23.6 Å². The van der Waals surface area contributed by atoms with Gasteiger partial charge in [0.15, 0.2) is 6.10 Å². The van der Waals surface area contributed by atoms with Crippen LogP contribution in [-0.4, -0.2) is 22.1 Å². The third kappa shape index (κ3) is 3.40. The normalized spacial score (nSPS) is 12.4. The number of carboxylic acids is 1. The Balaban J connectivity index is 2.93. The summed E-state index contributed by atoms with van der Waals surface area (Å²) in [4.78, 5) is 10.6. The third-order valence-electron chi connectivity index (χ3n) is 2.19. The number of hydrogen-bond acceptors (Lipinski definition) is 3. The van der Waals surface area contributed by atoms with E-state index in [0.717, 1.165) is 12.0 Å². The lowest BCUT2D eigenvalue weighted by Gasteiger charge is -2.09. The molecule has 0 fully saturated rings. The first-order valence-electron chi connectivity index (χ1n) is 4.90. The quantitative estimate of drug-likeness (QED) is 0.541. The molecular weight excluding hydrogens is 230 g/mol. The van der Waals surface area contributed by atoms with Crippen molar-refractivity contribution in [3.8, 4) is 0 Å². The van der Waals surface area contributed by atoms with Crippen LogP contribution in [0.25, 0.3) is 0 Å². The number of aliphatic hydroxyl groups is 1. The fourth-order valence-corrected chi connectivity index (χ4v) is 1.59. The number of aryl methyl sites for hydroxylation is 1. The molecule has 0 aliphatic rings. The molecule has 0 spiro atoms. The standard InChI is InChI=1S/C11H14ClNO3/c12-3-1-2-7-4-8(6-9(13)5-7)10(14)11(15)16/h4-6,10,14H,1-3,13H2,(H,15,16). The van der Waals surface area contributed by atoms with Crippen molar-refractivity contribution in [2.45, 2.75) is 18.9 Å². The van der Waals surface area contributed by atoms with Gasteiger partial charge in [-0.05, 0) is 36.1 Å². The van der Waals surface area contributed by atoms with E-state index in [9.17, 15) is 9.90 Å². The van der Waals surface area contributed by atoms with Gasteiger partial charge in [0.05, 0.1) is 0 Å². The van der Waals surface area contributed by atoms with Gasteiger partial charge in [-0.15, -0.1) is 11.6 Å². The van der Waals surface area contributed by atoms with Crippen LogP contribution in [0.3, 0.4) is 0 Å². The minimum Gasteiger partial charge on any atom is -0.479 e. The summed E-state index contributed by atoms with van der Waals surface area (Å²) < 4.78 is 0. The van der Waals surface area contributed by atoms with E-state index < -0.39 is 12.1 Å². The highest BCUT2D eigenvalue weighted by Gasteiger charge is 2.16. The molecule has 0 saturated carbocycles. The molecule has 1 atom stereocenters. The van der Waals surface area contributed by atoms with Crippen molar-refractivity contribution in [1.82, 2.24) is 0 Å². The number of alkyl halides is 1. The molecule has 0 radical (unpaired) electrons.